The van der Waals surface area contributed by atoms with Gasteiger partial charge in [-0.15, -0.1) is 40.5 Å². The largest absolute Gasteiger partial charge is 0.512 e. The Morgan fingerprint density at radius 2 is 1.48 bits per heavy atom. The first-order chi connectivity index (χ1) is 22.4. The van der Waals surface area contributed by atoms with Crippen molar-refractivity contribution in [1.82, 2.24) is 9.97 Å². The van der Waals surface area contributed by atoms with Crippen LogP contribution >= 0.6 is 11.3 Å². The van der Waals surface area contributed by atoms with Crippen LogP contribution in [0.3, 0.4) is 0 Å². The van der Waals surface area contributed by atoms with Crippen LogP contribution in [0.25, 0.3) is 53.1 Å². The number of aryl methyl sites for hydroxylation is 3. The first-order valence-corrected chi connectivity index (χ1v) is 17.7. The minimum atomic E-state index is -0.337. The zero-order valence-electron chi connectivity index (χ0n) is 29.7. The van der Waals surface area contributed by atoms with Gasteiger partial charge >= 0.3 is 0 Å². The van der Waals surface area contributed by atoms with Gasteiger partial charge in [-0.25, -0.2) is 4.98 Å². The molecular weight excluding hydrogens is 789 g/mol. The van der Waals surface area contributed by atoms with Crippen LogP contribution in [-0.2, 0) is 24.9 Å². The summed E-state index contributed by atoms with van der Waals surface area (Å²) in [6.45, 7) is 18.6. The van der Waals surface area contributed by atoms with E-state index in [-0.39, 0.29) is 42.5 Å². The van der Waals surface area contributed by atoms with Gasteiger partial charge in [0.25, 0.3) is 0 Å². The monoisotopic (exact) mass is 836 g/mol. The van der Waals surface area contributed by atoms with Gasteiger partial charge in [0.05, 0.1) is 0 Å². The molecule has 0 bridgehead atoms. The molecule has 0 unspecified atom stereocenters. The van der Waals surface area contributed by atoms with Gasteiger partial charge in [-0.1, -0.05) is 107 Å². The molecule has 48 heavy (non-hydrogen) atoms. The second-order valence-corrected chi connectivity index (χ2v) is 14.5. The van der Waals surface area contributed by atoms with Crippen molar-refractivity contribution in [3.05, 3.63) is 95.5 Å². The van der Waals surface area contributed by atoms with Crippen molar-refractivity contribution in [2.24, 2.45) is 10.8 Å². The minimum Gasteiger partial charge on any atom is -0.512 e. The fourth-order valence-electron chi connectivity index (χ4n) is 6.45. The van der Waals surface area contributed by atoms with Crippen LogP contribution in [0.2, 0.25) is 0 Å². The SMILES string of the molecule is CCC(C)(CC)C(=O)/C=C(\O)C(C)(CC)CC.Cc1cc(C)c2c(C)cc(-c3ncnc4sc5ccc6ccccc6c5c34)[c-]c2c1.[Ir]. The standard InChI is InChI=1S/C27H19N2S.C15H28O2.Ir/c1-15-10-16(2)23-17(3)12-20(13-19(23)11-15)26-25-24-21-7-5-4-6-18(21)8-9-22(24)30-27(25)29-14-28-26;1-7-14(5,8-2)12(16)11-13(17)15(6,9-3)10-4;/h4-12,14H,1-3H3;11,16H,7-10H2,1-6H3;/q-1;;/b;12-11-;. The second-order valence-electron chi connectivity index (χ2n) is 13.5. The van der Waals surface area contributed by atoms with E-state index in [2.05, 4.69) is 86.4 Å². The van der Waals surface area contributed by atoms with Crippen molar-refractivity contribution >= 4 is 59.0 Å². The summed E-state index contributed by atoms with van der Waals surface area (Å²) in [6.07, 6.45) is 6.44. The normalized spacial score (nSPS) is 12.3. The Labute approximate surface area is 303 Å². The topological polar surface area (TPSA) is 63.1 Å². The van der Waals surface area contributed by atoms with Gasteiger partial charge in [-0.05, 0) is 56.4 Å². The van der Waals surface area contributed by atoms with Crippen molar-refractivity contribution < 1.29 is 30.0 Å². The number of allylic oxidation sites excluding steroid dienone is 2. The number of aromatic nitrogens is 2. The van der Waals surface area contributed by atoms with Gasteiger partial charge in [-0.2, -0.15) is 0 Å². The molecule has 6 aromatic rings. The van der Waals surface area contributed by atoms with E-state index in [1.807, 2.05) is 41.5 Å². The second kappa shape index (κ2) is 15.0. The number of thiophene rings is 1. The summed E-state index contributed by atoms with van der Waals surface area (Å²) in [5.41, 5.74) is 5.20. The number of benzene rings is 4. The molecule has 253 valence electrons. The molecule has 0 saturated carbocycles. The van der Waals surface area contributed by atoms with Crippen LogP contribution in [0.1, 0.15) is 83.9 Å². The molecule has 2 heterocycles. The number of aliphatic hydroxyl groups is 1. The predicted molar refractivity (Wildman–Crippen MR) is 202 cm³/mol. The maximum Gasteiger partial charge on any atom is 0.164 e. The van der Waals surface area contributed by atoms with E-state index < -0.39 is 0 Å². The fourth-order valence-corrected chi connectivity index (χ4v) is 7.50. The molecule has 0 spiro atoms. The molecule has 0 aliphatic heterocycles. The van der Waals surface area contributed by atoms with Crippen molar-refractivity contribution in [2.75, 3.05) is 0 Å². The number of hydrogen-bond donors (Lipinski definition) is 1. The first kappa shape index (κ1) is 37.4. The number of aliphatic hydroxyl groups excluding tert-OH is 1. The predicted octanol–water partition coefficient (Wildman–Crippen LogP) is 12.2. The smallest absolute Gasteiger partial charge is 0.164 e. The quantitative estimate of drug-likeness (QED) is 0.0942. The molecular formula is C42H47IrN2O2S-. The van der Waals surface area contributed by atoms with E-state index >= 15 is 0 Å². The van der Waals surface area contributed by atoms with Crippen LogP contribution in [0.15, 0.2) is 72.8 Å². The van der Waals surface area contributed by atoms with E-state index in [1.165, 1.54) is 49.0 Å². The molecule has 0 saturated heterocycles. The summed E-state index contributed by atoms with van der Waals surface area (Å²) < 4.78 is 1.25. The van der Waals surface area contributed by atoms with Crippen LogP contribution in [0, 0.1) is 37.7 Å². The third-order valence-corrected chi connectivity index (χ3v) is 11.6. The van der Waals surface area contributed by atoms with E-state index in [9.17, 15) is 9.90 Å². The van der Waals surface area contributed by atoms with Crippen LogP contribution in [-0.4, -0.2) is 20.9 Å². The summed E-state index contributed by atoms with van der Waals surface area (Å²) >= 11 is 1.73. The average Bonchev–Trinajstić information content (AvgIpc) is 3.46. The maximum absolute atomic E-state index is 12.2. The Morgan fingerprint density at radius 3 is 2.15 bits per heavy atom. The zero-order valence-corrected chi connectivity index (χ0v) is 32.9. The van der Waals surface area contributed by atoms with Crippen LogP contribution in [0.4, 0.5) is 0 Å². The molecule has 0 aliphatic carbocycles. The van der Waals surface area contributed by atoms with Gasteiger partial charge in [0.1, 0.15) is 16.9 Å². The fraction of sp³-hybridized carbons (Fsp3) is 0.357. The van der Waals surface area contributed by atoms with Crippen molar-refractivity contribution in [3.63, 3.8) is 0 Å². The summed E-state index contributed by atoms with van der Waals surface area (Å²) in [5.74, 6) is 0.286. The minimum absolute atomic E-state index is 0. The Hall–Kier alpha value is -3.44. The molecule has 4 nitrogen and oxygen atoms in total. The number of carbonyl (C=O) groups is 1. The zero-order chi connectivity index (χ0) is 34.1. The molecule has 0 aliphatic rings. The molecule has 1 radical (unpaired) electrons. The molecule has 1 N–H and O–H groups in total. The molecule has 6 rings (SSSR count). The number of nitrogens with zero attached hydrogens (tertiary/aromatic N) is 2. The van der Waals surface area contributed by atoms with Gasteiger partial charge in [-0.3, -0.25) is 9.78 Å². The average molecular weight is 836 g/mol. The summed E-state index contributed by atoms with van der Waals surface area (Å²) in [7, 11) is 0. The third-order valence-electron chi connectivity index (χ3n) is 10.5. The number of ketones is 1. The molecule has 0 fully saturated rings. The summed E-state index contributed by atoms with van der Waals surface area (Å²) in [4.78, 5) is 22.6. The summed E-state index contributed by atoms with van der Waals surface area (Å²) in [5, 5.41) is 17.4. The van der Waals surface area contributed by atoms with Gasteiger partial charge in [0.15, 0.2) is 5.78 Å². The number of hydrogen-bond acceptors (Lipinski definition) is 5. The Kier molecular flexibility index (Phi) is 11.7. The molecule has 2 aromatic heterocycles. The van der Waals surface area contributed by atoms with Crippen molar-refractivity contribution in [3.8, 4) is 11.3 Å². The number of rotatable bonds is 8. The van der Waals surface area contributed by atoms with Crippen LogP contribution < -0.4 is 0 Å². The van der Waals surface area contributed by atoms with E-state index in [0.717, 1.165) is 52.5 Å². The first-order valence-electron chi connectivity index (χ1n) is 16.8. The molecule has 6 heteroatoms. The third kappa shape index (κ3) is 6.99. The summed E-state index contributed by atoms with van der Waals surface area (Å²) in [6, 6.07) is 23.3. The maximum atomic E-state index is 12.2. The van der Waals surface area contributed by atoms with E-state index in [1.54, 1.807) is 17.7 Å². The van der Waals surface area contributed by atoms with Gasteiger partial charge in [0, 0.05) is 58.2 Å². The Bertz CT molecular complexity index is 2140. The van der Waals surface area contributed by atoms with E-state index in [4.69, 9.17) is 4.98 Å². The molecule has 0 atom stereocenters. The van der Waals surface area contributed by atoms with Crippen molar-refractivity contribution in [1.29, 1.82) is 0 Å². The Morgan fingerprint density at radius 1 is 0.833 bits per heavy atom. The van der Waals surface area contributed by atoms with Crippen molar-refractivity contribution in [2.45, 2.75) is 88.0 Å². The van der Waals surface area contributed by atoms with Gasteiger partial charge < -0.3 is 5.11 Å². The molecule has 4 aromatic carbocycles. The molecule has 0 amide bonds. The van der Waals surface area contributed by atoms with E-state index in [0.29, 0.717) is 0 Å². The van der Waals surface area contributed by atoms with Gasteiger partial charge in [0.2, 0.25) is 0 Å². The van der Waals surface area contributed by atoms with Crippen LogP contribution in [0.5, 0.6) is 0 Å². The Balaban J connectivity index is 0.000000251. The number of carbonyl (C=O) groups excluding carboxylic acids is 1. The number of fused-ring (bicyclic) bond motifs is 6.